The molecule has 0 heterocycles. The van der Waals surface area contributed by atoms with E-state index in [-0.39, 0.29) is 23.5 Å². The minimum Gasteiger partial charge on any atom is -1.00 e. The van der Waals surface area contributed by atoms with Crippen molar-refractivity contribution in [3.63, 3.8) is 0 Å². The standard InChI is InChI=1S/AsH3O4.5FH/c2-1(3,4)5;;;;;/h(H3,2,3,4,5);5*1H/p-5. The van der Waals surface area contributed by atoms with Crippen LogP contribution in [0, 0.1) is 0 Å². The van der Waals surface area contributed by atoms with Crippen LogP contribution in [0.2, 0.25) is 0 Å². The van der Waals surface area contributed by atoms with E-state index in [1.54, 1.807) is 0 Å². The molecule has 0 aromatic heterocycles. The molecule has 0 spiro atoms. The van der Waals surface area contributed by atoms with Gasteiger partial charge in [-0.1, -0.05) is 0 Å². The molecule has 10 heteroatoms. The van der Waals surface area contributed by atoms with Crippen LogP contribution in [0.3, 0.4) is 0 Å². The van der Waals surface area contributed by atoms with Crippen molar-refractivity contribution in [1.29, 1.82) is 0 Å². The Morgan fingerprint density at radius 2 is 0.700 bits per heavy atom. The van der Waals surface area contributed by atoms with E-state index in [0.29, 0.717) is 0 Å². The minimum atomic E-state index is -5.12. The van der Waals surface area contributed by atoms with Crippen molar-refractivity contribution in [1.82, 2.24) is 0 Å². The summed E-state index contributed by atoms with van der Waals surface area (Å²) in [6, 6.07) is 0. The molecule has 0 saturated carbocycles. The van der Waals surface area contributed by atoms with E-state index in [2.05, 4.69) is 0 Å². The largest absolute Gasteiger partial charge is 1.00 e. The molecule has 0 aromatic rings. The van der Waals surface area contributed by atoms with Crippen molar-refractivity contribution in [2.75, 3.05) is 0 Å². The number of rotatable bonds is 0. The van der Waals surface area contributed by atoms with Gasteiger partial charge >= 0.3 is 30.5 Å². The molecule has 10 heavy (non-hydrogen) atoms. The van der Waals surface area contributed by atoms with E-state index in [1.807, 2.05) is 0 Å². The average molecular weight is 237 g/mol. The Hall–Kier alpha value is -0.112. The van der Waals surface area contributed by atoms with E-state index in [1.165, 1.54) is 0 Å². The summed E-state index contributed by atoms with van der Waals surface area (Å²) in [5, 5.41) is 0. The second-order valence-electron chi connectivity index (χ2n) is 0.513. The van der Waals surface area contributed by atoms with Crippen molar-refractivity contribution >= 4 is 14.5 Å². The van der Waals surface area contributed by atoms with Gasteiger partial charge in [-0.2, -0.15) is 0 Å². The third-order valence-corrected chi connectivity index (χ3v) is 0. The molecule has 0 radical (unpaired) electrons. The van der Waals surface area contributed by atoms with Gasteiger partial charge in [-0.15, -0.1) is 0 Å². The van der Waals surface area contributed by atoms with Crippen LogP contribution < -0.4 is 23.5 Å². The molecule has 0 unspecified atom stereocenters. The topological polar surface area (TPSA) is 77.8 Å². The Morgan fingerprint density at radius 3 is 0.700 bits per heavy atom. The Morgan fingerprint density at radius 1 is 0.700 bits per heavy atom. The maximum atomic E-state index is 8.94. The molecule has 0 amide bonds. The Labute approximate surface area is 55.1 Å². The molecule has 0 aliphatic carbocycles. The Bertz CT molecular complexity index is 59.8. The second kappa shape index (κ2) is 16.0. The average Bonchev–Trinajstić information content (AvgIpc) is 0.722. The summed E-state index contributed by atoms with van der Waals surface area (Å²) < 4.78 is 30.7. The summed E-state index contributed by atoms with van der Waals surface area (Å²) in [6.45, 7) is 0. The number of hydrogen-bond donors (Lipinski definition) is 3. The zero-order valence-electron chi connectivity index (χ0n) is 4.09. The molecule has 0 aliphatic heterocycles. The fourth-order valence-electron chi connectivity index (χ4n) is 0. The minimum absolute atomic E-state index is 0. The second-order valence-corrected chi connectivity index (χ2v) is 2.67. The molecule has 0 atom stereocenters. The van der Waals surface area contributed by atoms with Crippen LogP contribution in [-0.2, 0) is 3.74 Å². The van der Waals surface area contributed by atoms with Crippen LogP contribution in [0.1, 0.15) is 0 Å². The predicted octanol–water partition coefficient (Wildman–Crippen LogP) is -17.2. The Kier molecular flexibility index (Phi) is 82.4. The third kappa shape index (κ3) is 30100. The first-order chi connectivity index (χ1) is 2.00. The number of halogens is 5. The third-order valence-electron chi connectivity index (χ3n) is 0. The van der Waals surface area contributed by atoms with Gasteiger partial charge in [-0.3, -0.25) is 0 Å². The monoisotopic (exact) mass is 237 g/mol. The van der Waals surface area contributed by atoms with E-state index < -0.39 is 14.5 Å². The molecule has 0 aliphatic rings. The van der Waals surface area contributed by atoms with Gasteiger partial charge < -0.3 is 23.5 Å². The van der Waals surface area contributed by atoms with E-state index in [0.717, 1.165) is 0 Å². The van der Waals surface area contributed by atoms with E-state index in [4.69, 9.17) is 16.0 Å². The molecule has 0 aromatic carbocycles. The smallest absolute Gasteiger partial charge is 1.00 e. The molecule has 3 N–H and O–H groups in total. The molecule has 4 nitrogen and oxygen atoms in total. The first kappa shape index (κ1) is 51.7. The van der Waals surface area contributed by atoms with Gasteiger partial charge in [-0.05, 0) is 0 Å². The fraction of sp³-hybridized carbons (Fsp3) is 0. The summed E-state index contributed by atoms with van der Waals surface area (Å²) in [4.78, 5) is 0. The van der Waals surface area contributed by atoms with Gasteiger partial charge in [0.15, 0.2) is 0 Å². The summed E-state index contributed by atoms with van der Waals surface area (Å²) in [5.41, 5.74) is 0. The van der Waals surface area contributed by atoms with E-state index >= 15 is 0 Å². The van der Waals surface area contributed by atoms with Crippen LogP contribution in [-0.4, -0.2) is 26.8 Å². The summed E-state index contributed by atoms with van der Waals surface area (Å²) in [7, 11) is 0. The maximum Gasteiger partial charge on any atom is -1.00 e. The van der Waals surface area contributed by atoms with Crippen LogP contribution in [0.5, 0.6) is 0 Å². The van der Waals surface area contributed by atoms with Crippen molar-refractivity contribution in [3.05, 3.63) is 0 Å². The van der Waals surface area contributed by atoms with Gasteiger partial charge in [0.25, 0.3) is 0 Å². The van der Waals surface area contributed by atoms with Crippen LogP contribution in [0.4, 0.5) is 0 Å². The first-order valence-electron chi connectivity index (χ1n) is 0.783. The molecule has 0 bridgehead atoms. The SMILES string of the molecule is O=[As](O)(O)O.[F-].[F-].[F-].[F-].[F-]. The van der Waals surface area contributed by atoms with Crippen molar-refractivity contribution in [2.24, 2.45) is 0 Å². The molecular weight excluding hydrogens is 234 g/mol. The summed E-state index contributed by atoms with van der Waals surface area (Å²) in [6.07, 6.45) is 0. The summed E-state index contributed by atoms with van der Waals surface area (Å²) in [5.74, 6) is 0. The predicted molar refractivity (Wildman–Crippen MR) is 13.1 cm³/mol. The van der Waals surface area contributed by atoms with E-state index in [9.17, 15) is 0 Å². The van der Waals surface area contributed by atoms with Crippen molar-refractivity contribution < 1.29 is 39.5 Å². The maximum absolute atomic E-state index is 8.94. The van der Waals surface area contributed by atoms with Gasteiger partial charge in [-0.25, -0.2) is 0 Å². The molecule has 0 fully saturated rings. The van der Waals surface area contributed by atoms with Crippen molar-refractivity contribution in [3.8, 4) is 0 Å². The summed E-state index contributed by atoms with van der Waals surface area (Å²) >= 11 is -5.12. The molecule has 72 valence electrons. The first-order valence-corrected chi connectivity index (χ1v) is 4.07. The van der Waals surface area contributed by atoms with Crippen LogP contribution in [0.25, 0.3) is 0 Å². The molecule has 0 rings (SSSR count). The van der Waals surface area contributed by atoms with Gasteiger partial charge in [0, 0.05) is 0 Å². The van der Waals surface area contributed by atoms with Crippen molar-refractivity contribution in [2.45, 2.75) is 0 Å². The number of hydrogen-bond acceptors (Lipinski definition) is 1. The normalized spacial score (nSPS) is 5.90. The molecule has 0 saturated heterocycles. The zero-order valence-corrected chi connectivity index (χ0v) is 5.96. The van der Waals surface area contributed by atoms with Crippen LogP contribution >= 0.6 is 0 Å². The van der Waals surface area contributed by atoms with Gasteiger partial charge in [0.05, 0.1) is 0 Å². The quantitative estimate of drug-likeness (QED) is 0.289. The molecular formula is H3AsF5O4-5. The van der Waals surface area contributed by atoms with Gasteiger partial charge in [0.1, 0.15) is 0 Å². The zero-order chi connectivity index (χ0) is 4.50. The Balaban J connectivity index is -0.00000000800. The van der Waals surface area contributed by atoms with Crippen LogP contribution in [0.15, 0.2) is 0 Å². The van der Waals surface area contributed by atoms with Gasteiger partial charge in [0.2, 0.25) is 0 Å². The fourth-order valence-corrected chi connectivity index (χ4v) is 0.